The number of alkyl halides is 2. The molecule has 7 nitrogen and oxygen atoms in total. The summed E-state index contributed by atoms with van der Waals surface area (Å²) in [5.74, 6) is -1.81. The summed E-state index contributed by atoms with van der Waals surface area (Å²) < 4.78 is 14.1. The Labute approximate surface area is 161 Å². The van der Waals surface area contributed by atoms with Crippen LogP contribution in [-0.4, -0.2) is 40.4 Å². The van der Waals surface area contributed by atoms with Crippen molar-refractivity contribution in [3.8, 4) is 0 Å². The van der Waals surface area contributed by atoms with Gasteiger partial charge in [-0.1, -0.05) is 0 Å². The number of carbonyl (C=O) groups excluding carboxylic acids is 3. The molecule has 1 fully saturated rings. The number of H-pyrrole nitrogens is 1. The van der Waals surface area contributed by atoms with Gasteiger partial charge >= 0.3 is 17.9 Å². The van der Waals surface area contributed by atoms with Gasteiger partial charge in [-0.2, -0.15) is 0 Å². The molecule has 1 aromatic heterocycles. The molecule has 1 N–H and O–H groups in total. The van der Waals surface area contributed by atoms with E-state index in [2.05, 4.69) is 4.98 Å². The highest BCUT2D eigenvalue weighted by Crippen LogP contribution is 2.64. The number of halogens is 2. The van der Waals surface area contributed by atoms with Gasteiger partial charge in [0.05, 0.1) is 24.5 Å². The van der Waals surface area contributed by atoms with Crippen LogP contribution in [-0.2, 0) is 25.6 Å². The van der Waals surface area contributed by atoms with Gasteiger partial charge in [0.15, 0.2) is 0 Å². The molecular formula is C17H21Cl2NO6. The molecule has 9 heteroatoms. The lowest BCUT2D eigenvalue weighted by molar-refractivity contribution is -0.151. The highest BCUT2D eigenvalue weighted by Gasteiger charge is 2.69. The smallest absolute Gasteiger partial charge is 0.355 e. The average Bonchev–Trinajstić information content (AvgIpc) is 2.92. The number of esters is 3. The minimum atomic E-state index is -1.16. The van der Waals surface area contributed by atoms with Crippen molar-refractivity contribution in [3.63, 3.8) is 0 Å². The second-order valence-electron chi connectivity index (χ2n) is 6.21. The zero-order valence-corrected chi connectivity index (χ0v) is 16.5. The Morgan fingerprint density at radius 2 is 1.62 bits per heavy atom. The maximum absolute atomic E-state index is 12.3. The summed E-state index contributed by atoms with van der Waals surface area (Å²) in [4.78, 5) is 39.4. The maximum atomic E-state index is 12.3. The fraction of sp³-hybridized carbons (Fsp3) is 0.588. The summed E-state index contributed by atoms with van der Waals surface area (Å²) in [6.07, 6.45) is 0.282. The summed E-state index contributed by atoms with van der Waals surface area (Å²) in [5, 5.41) is 0. The van der Waals surface area contributed by atoms with Gasteiger partial charge in [0.1, 0.15) is 22.0 Å². The molecule has 0 aromatic carbocycles. The van der Waals surface area contributed by atoms with Gasteiger partial charge in [-0.15, -0.1) is 23.2 Å². The SMILES string of the molecule is CCOC(=O)c1[nH]c(COC(=O)[C@@]2(C)CC2(Cl)Cl)c(C(=O)OCC)c1C. The van der Waals surface area contributed by atoms with Gasteiger partial charge < -0.3 is 19.2 Å². The molecule has 0 bridgehead atoms. The average molecular weight is 406 g/mol. The Hall–Kier alpha value is -1.73. The molecule has 2 rings (SSSR count). The van der Waals surface area contributed by atoms with Gasteiger partial charge in [0, 0.05) is 6.42 Å². The Bertz CT molecular complexity index is 742. The summed E-state index contributed by atoms with van der Waals surface area (Å²) >= 11 is 12.0. The van der Waals surface area contributed by atoms with Gasteiger partial charge in [-0.05, 0) is 33.3 Å². The molecule has 1 aromatic rings. The fourth-order valence-corrected chi connectivity index (χ4v) is 3.26. The molecule has 0 aliphatic heterocycles. The third kappa shape index (κ3) is 3.69. The molecular weight excluding hydrogens is 385 g/mol. The normalized spacial score (nSPS) is 20.4. The molecule has 26 heavy (non-hydrogen) atoms. The van der Waals surface area contributed by atoms with Crippen molar-refractivity contribution in [1.29, 1.82) is 0 Å². The molecule has 0 spiro atoms. The third-order valence-electron chi connectivity index (χ3n) is 4.34. The first kappa shape index (κ1) is 20.6. The second-order valence-corrected chi connectivity index (χ2v) is 7.69. The number of carbonyl (C=O) groups is 3. The molecule has 1 saturated carbocycles. The van der Waals surface area contributed by atoms with E-state index in [1.165, 1.54) is 0 Å². The number of rotatable bonds is 7. The van der Waals surface area contributed by atoms with Crippen LogP contribution in [0.25, 0.3) is 0 Å². The first-order chi connectivity index (χ1) is 12.1. The van der Waals surface area contributed by atoms with Crippen LogP contribution in [0.2, 0.25) is 0 Å². The molecule has 1 aliphatic carbocycles. The molecule has 1 heterocycles. The first-order valence-electron chi connectivity index (χ1n) is 8.19. The molecule has 1 aliphatic rings. The van der Waals surface area contributed by atoms with E-state index in [0.717, 1.165) is 0 Å². The number of ether oxygens (including phenoxy) is 3. The van der Waals surface area contributed by atoms with Crippen LogP contribution < -0.4 is 0 Å². The molecule has 0 amide bonds. The Kier molecular flexibility index (Phi) is 5.92. The monoisotopic (exact) mass is 405 g/mol. The largest absolute Gasteiger partial charge is 0.462 e. The van der Waals surface area contributed by atoms with Gasteiger partial charge in [0.25, 0.3) is 0 Å². The molecule has 144 valence electrons. The van der Waals surface area contributed by atoms with Crippen LogP contribution in [0.3, 0.4) is 0 Å². The van der Waals surface area contributed by atoms with Crippen molar-refractivity contribution >= 4 is 41.1 Å². The minimum Gasteiger partial charge on any atom is -0.462 e. The quantitative estimate of drug-likeness (QED) is 0.424. The van der Waals surface area contributed by atoms with Gasteiger partial charge in [-0.25, -0.2) is 9.59 Å². The Morgan fingerprint density at radius 1 is 1.08 bits per heavy atom. The number of nitrogens with one attached hydrogen (secondary N) is 1. The molecule has 0 unspecified atom stereocenters. The van der Waals surface area contributed by atoms with Crippen LogP contribution in [0.1, 0.15) is 59.3 Å². The van der Waals surface area contributed by atoms with E-state index in [1.807, 2.05) is 0 Å². The summed E-state index contributed by atoms with van der Waals surface area (Å²) in [7, 11) is 0. The summed E-state index contributed by atoms with van der Waals surface area (Å²) in [6.45, 7) is 6.62. The van der Waals surface area contributed by atoms with Crippen molar-refractivity contribution in [2.45, 2.75) is 45.1 Å². The van der Waals surface area contributed by atoms with Crippen molar-refractivity contribution in [3.05, 3.63) is 22.5 Å². The van der Waals surface area contributed by atoms with Gasteiger partial charge in [0.2, 0.25) is 0 Å². The van der Waals surface area contributed by atoms with E-state index >= 15 is 0 Å². The number of hydrogen-bond acceptors (Lipinski definition) is 6. The summed E-state index contributed by atoms with van der Waals surface area (Å²) in [6, 6.07) is 0. The van der Waals surface area contributed by atoms with Crippen LogP contribution >= 0.6 is 23.2 Å². The van der Waals surface area contributed by atoms with Crippen LogP contribution in [0, 0.1) is 12.3 Å². The minimum absolute atomic E-state index is 0.114. The van der Waals surface area contributed by atoms with E-state index in [9.17, 15) is 14.4 Å². The van der Waals surface area contributed by atoms with Crippen molar-refractivity contribution in [2.75, 3.05) is 13.2 Å². The highest BCUT2D eigenvalue weighted by molar-refractivity contribution is 6.53. The van der Waals surface area contributed by atoms with E-state index in [0.29, 0.717) is 5.56 Å². The highest BCUT2D eigenvalue weighted by atomic mass is 35.5. The Morgan fingerprint density at radius 3 is 2.12 bits per heavy atom. The lowest BCUT2D eigenvalue weighted by Gasteiger charge is -2.12. The third-order valence-corrected chi connectivity index (χ3v) is 5.44. The van der Waals surface area contributed by atoms with E-state index in [1.54, 1.807) is 27.7 Å². The maximum Gasteiger partial charge on any atom is 0.355 e. The second kappa shape index (κ2) is 7.48. The van der Waals surface area contributed by atoms with E-state index in [-0.39, 0.29) is 43.2 Å². The van der Waals surface area contributed by atoms with Gasteiger partial charge in [-0.3, -0.25) is 4.79 Å². The number of aromatic amines is 1. The van der Waals surface area contributed by atoms with Crippen molar-refractivity contribution in [2.24, 2.45) is 5.41 Å². The standard InChI is InChI=1S/C17H21Cl2NO6/c1-5-24-13(21)11-9(3)12(14(22)25-6-2)20-10(11)7-26-15(23)16(4)8-17(16,18)19/h20H,5-8H2,1-4H3/t16-/m1/s1. The zero-order valence-electron chi connectivity index (χ0n) is 15.0. The summed E-state index contributed by atoms with van der Waals surface area (Å²) in [5.41, 5.74) is -0.119. The topological polar surface area (TPSA) is 94.7 Å². The molecule has 0 radical (unpaired) electrons. The fourth-order valence-electron chi connectivity index (χ4n) is 2.57. The van der Waals surface area contributed by atoms with Crippen LogP contribution in [0.5, 0.6) is 0 Å². The lowest BCUT2D eigenvalue weighted by Crippen LogP contribution is -2.21. The molecule has 1 atom stereocenters. The van der Waals surface area contributed by atoms with Crippen molar-refractivity contribution in [1.82, 2.24) is 4.98 Å². The van der Waals surface area contributed by atoms with Crippen molar-refractivity contribution < 1.29 is 28.6 Å². The van der Waals surface area contributed by atoms with E-state index in [4.69, 9.17) is 37.4 Å². The molecule has 0 saturated heterocycles. The van der Waals surface area contributed by atoms with E-state index < -0.39 is 27.7 Å². The first-order valence-corrected chi connectivity index (χ1v) is 8.95. The number of hydrogen-bond donors (Lipinski definition) is 1. The van der Waals surface area contributed by atoms with Crippen LogP contribution in [0.15, 0.2) is 0 Å². The Balaban J connectivity index is 2.25. The predicted molar refractivity (Wildman–Crippen MR) is 94.4 cm³/mol. The number of aromatic nitrogens is 1. The predicted octanol–water partition coefficient (Wildman–Crippen LogP) is 3.30. The lowest BCUT2D eigenvalue weighted by atomic mass is 10.1. The zero-order chi connectivity index (χ0) is 19.7. The van der Waals surface area contributed by atoms with Crippen LogP contribution in [0.4, 0.5) is 0 Å².